The molecule has 0 spiro atoms. The van der Waals surface area contributed by atoms with Crippen LogP contribution in [0.5, 0.6) is 0 Å². The number of fused-ring (bicyclic) bond motifs is 2. The number of thioether (sulfide) groups is 1. The van der Waals surface area contributed by atoms with E-state index in [4.69, 9.17) is 0 Å². The minimum Gasteiger partial charge on any atom is -0.302 e. The van der Waals surface area contributed by atoms with Crippen LogP contribution in [-0.4, -0.2) is 35.3 Å². The molecule has 0 unspecified atom stereocenters. The van der Waals surface area contributed by atoms with E-state index >= 15 is 0 Å². The van der Waals surface area contributed by atoms with Gasteiger partial charge in [0.15, 0.2) is 0 Å². The fraction of sp³-hybridized carbons (Fsp3) is 0.450. The summed E-state index contributed by atoms with van der Waals surface area (Å²) in [6.07, 6.45) is 5.75. The van der Waals surface area contributed by atoms with Gasteiger partial charge in [-0.1, -0.05) is 30.3 Å². The molecule has 3 atom stereocenters. The number of likely N-dealkylation sites (tertiary alicyclic amines) is 1. The van der Waals surface area contributed by atoms with Crippen LogP contribution < -0.4 is 0 Å². The summed E-state index contributed by atoms with van der Waals surface area (Å²) in [5.74, 6) is 2.78. The van der Waals surface area contributed by atoms with Crippen molar-refractivity contribution in [3.05, 3.63) is 59.8 Å². The van der Waals surface area contributed by atoms with Gasteiger partial charge >= 0.3 is 0 Å². The Morgan fingerprint density at radius 1 is 1.09 bits per heavy atom. The number of rotatable bonds is 3. The van der Waals surface area contributed by atoms with Crippen LogP contribution in [0.3, 0.4) is 0 Å². The van der Waals surface area contributed by atoms with E-state index in [9.17, 15) is 0 Å². The molecule has 4 rings (SSSR count). The van der Waals surface area contributed by atoms with Gasteiger partial charge in [0.05, 0.1) is 5.03 Å². The van der Waals surface area contributed by atoms with Crippen LogP contribution in [0.2, 0.25) is 0 Å². The number of benzene rings is 1. The minimum atomic E-state index is 0.737. The Hall–Kier alpha value is -1.32. The molecule has 1 aliphatic carbocycles. The van der Waals surface area contributed by atoms with Gasteiger partial charge in [-0.25, -0.2) is 4.98 Å². The highest BCUT2D eigenvalue weighted by Gasteiger charge is 2.37. The maximum absolute atomic E-state index is 4.44. The van der Waals surface area contributed by atoms with Crippen molar-refractivity contribution in [2.45, 2.75) is 30.3 Å². The van der Waals surface area contributed by atoms with Crippen molar-refractivity contribution in [3.8, 4) is 0 Å². The van der Waals surface area contributed by atoms with Gasteiger partial charge in [0.2, 0.25) is 0 Å². The Labute approximate surface area is 143 Å². The fourth-order valence-corrected chi connectivity index (χ4v) is 5.28. The Morgan fingerprint density at radius 2 is 1.87 bits per heavy atom. The largest absolute Gasteiger partial charge is 0.302 e. The molecule has 1 aliphatic heterocycles. The molecule has 23 heavy (non-hydrogen) atoms. The van der Waals surface area contributed by atoms with Gasteiger partial charge in [0, 0.05) is 24.5 Å². The van der Waals surface area contributed by atoms with Crippen LogP contribution in [0.15, 0.2) is 53.7 Å². The lowest BCUT2D eigenvalue weighted by molar-refractivity contribution is 0.0798. The van der Waals surface area contributed by atoms with Crippen LogP contribution in [0.1, 0.15) is 17.5 Å². The van der Waals surface area contributed by atoms with Gasteiger partial charge in [-0.15, -0.1) is 11.8 Å². The highest BCUT2D eigenvalue weighted by molar-refractivity contribution is 7.99. The van der Waals surface area contributed by atoms with E-state index in [0.717, 1.165) is 22.9 Å². The highest BCUT2D eigenvalue weighted by atomic mass is 32.2. The number of aromatic nitrogens is 1. The first-order valence-electron chi connectivity index (χ1n) is 8.60. The van der Waals surface area contributed by atoms with E-state index in [2.05, 4.69) is 53.3 Å². The average molecular weight is 324 g/mol. The van der Waals surface area contributed by atoms with Crippen molar-refractivity contribution in [2.24, 2.45) is 11.8 Å². The molecule has 3 heteroatoms. The number of pyridine rings is 1. The van der Waals surface area contributed by atoms with Crippen molar-refractivity contribution in [3.63, 3.8) is 0 Å². The van der Waals surface area contributed by atoms with E-state index in [-0.39, 0.29) is 0 Å². The second-order valence-electron chi connectivity index (χ2n) is 7.02. The van der Waals surface area contributed by atoms with Crippen molar-refractivity contribution in [2.75, 3.05) is 19.3 Å². The lowest BCUT2D eigenvalue weighted by Crippen LogP contribution is -2.50. The molecule has 0 bridgehead atoms. The molecular weight excluding hydrogens is 300 g/mol. The van der Waals surface area contributed by atoms with Crippen LogP contribution in [-0.2, 0) is 12.8 Å². The summed E-state index contributed by atoms with van der Waals surface area (Å²) in [7, 11) is 2.32. The fourth-order valence-electron chi connectivity index (χ4n) is 4.32. The normalized spacial score (nSPS) is 27.3. The molecule has 0 amide bonds. The van der Waals surface area contributed by atoms with Gasteiger partial charge in [-0.05, 0) is 61.4 Å². The second-order valence-corrected chi connectivity index (χ2v) is 8.06. The summed E-state index contributed by atoms with van der Waals surface area (Å²) < 4.78 is 0. The molecule has 2 aliphatic rings. The van der Waals surface area contributed by atoms with Gasteiger partial charge in [0.25, 0.3) is 0 Å². The van der Waals surface area contributed by atoms with Crippen LogP contribution in [0, 0.1) is 11.8 Å². The first kappa shape index (κ1) is 15.2. The third-order valence-corrected chi connectivity index (χ3v) is 6.60. The molecule has 0 N–H and O–H groups in total. The van der Waals surface area contributed by atoms with E-state index < -0.39 is 0 Å². The zero-order valence-corrected chi connectivity index (χ0v) is 14.5. The van der Waals surface area contributed by atoms with E-state index in [0.29, 0.717) is 0 Å². The lowest BCUT2D eigenvalue weighted by atomic mass is 9.73. The number of hydrogen-bond donors (Lipinski definition) is 0. The molecule has 1 saturated heterocycles. The highest BCUT2D eigenvalue weighted by Crippen LogP contribution is 2.37. The SMILES string of the molecule is CN1C[C@H](CSc2ccccn2)C[C@@H]2Cc3ccccc3C[C@H]21. The van der Waals surface area contributed by atoms with Crippen LogP contribution in [0.4, 0.5) is 0 Å². The maximum Gasteiger partial charge on any atom is 0.0959 e. The first-order chi connectivity index (χ1) is 11.3. The smallest absolute Gasteiger partial charge is 0.0959 e. The second kappa shape index (κ2) is 6.66. The monoisotopic (exact) mass is 324 g/mol. The summed E-state index contributed by atoms with van der Waals surface area (Å²) in [6, 6.07) is 16.0. The van der Waals surface area contributed by atoms with E-state index in [1.165, 1.54) is 31.6 Å². The standard InChI is InChI=1S/C20H24N2S/c1-22-13-15(14-23-20-8-4-5-9-21-20)10-18-11-16-6-2-3-7-17(16)12-19(18)22/h2-9,15,18-19H,10-14H2,1H3/t15-,18-,19-/m1/s1. The first-order valence-corrected chi connectivity index (χ1v) is 9.59. The molecular formula is C20H24N2S. The summed E-state index contributed by atoms with van der Waals surface area (Å²) >= 11 is 1.92. The summed E-state index contributed by atoms with van der Waals surface area (Å²) in [6.45, 7) is 1.23. The van der Waals surface area contributed by atoms with Gasteiger partial charge < -0.3 is 4.90 Å². The molecule has 1 aromatic carbocycles. The van der Waals surface area contributed by atoms with Crippen molar-refractivity contribution < 1.29 is 0 Å². The topological polar surface area (TPSA) is 16.1 Å². The maximum atomic E-state index is 4.44. The average Bonchev–Trinajstić information content (AvgIpc) is 2.59. The van der Waals surface area contributed by atoms with Gasteiger partial charge in [-0.2, -0.15) is 0 Å². The molecule has 2 nitrogen and oxygen atoms in total. The zero-order valence-electron chi connectivity index (χ0n) is 13.7. The van der Waals surface area contributed by atoms with Gasteiger partial charge in [0.1, 0.15) is 0 Å². The molecule has 0 radical (unpaired) electrons. The van der Waals surface area contributed by atoms with Gasteiger partial charge in [-0.3, -0.25) is 0 Å². The summed E-state index contributed by atoms with van der Waals surface area (Å²) in [5, 5.41) is 1.16. The molecule has 1 aromatic heterocycles. The molecule has 1 fully saturated rings. The van der Waals surface area contributed by atoms with Crippen LogP contribution >= 0.6 is 11.8 Å². The Bertz CT molecular complexity index is 658. The van der Waals surface area contributed by atoms with Crippen molar-refractivity contribution in [1.82, 2.24) is 9.88 Å². The molecule has 0 saturated carbocycles. The number of hydrogen-bond acceptors (Lipinski definition) is 3. The summed E-state index contributed by atoms with van der Waals surface area (Å²) in [5.41, 5.74) is 3.15. The van der Waals surface area contributed by atoms with Crippen molar-refractivity contribution in [1.29, 1.82) is 0 Å². The minimum absolute atomic E-state index is 0.737. The number of nitrogens with zero attached hydrogens (tertiary/aromatic N) is 2. The van der Waals surface area contributed by atoms with Crippen molar-refractivity contribution >= 4 is 11.8 Å². The predicted molar refractivity (Wildman–Crippen MR) is 96.8 cm³/mol. The number of likely N-dealkylation sites (N-methyl/N-ethyl adjacent to an activating group) is 1. The van der Waals surface area contributed by atoms with Crippen LogP contribution in [0.25, 0.3) is 0 Å². The van der Waals surface area contributed by atoms with E-state index in [1.807, 2.05) is 24.0 Å². The zero-order chi connectivity index (χ0) is 15.6. The Morgan fingerprint density at radius 3 is 2.65 bits per heavy atom. The molecule has 2 heterocycles. The lowest BCUT2D eigenvalue weighted by Gasteiger charge is -2.46. The Kier molecular flexibility index (Phi) is 4.41. The quantitative estimate of drug-likeness (QED) is 0.796. The molecule has 2 aromatic rings. The summed E-state index contributed by atoms with van der Waals surface area (Å²) in [4.78, 5) is 7.06. The number of piperidine rings is 1. The van der Waals surface area contributed by atoms with E-state index in [1.54, 1.807) is 11.1 Å². The molecule has 120 valence electrons. The third kappa shape index (κ3) is 3.31. The Balaban J connectivity index is 1.42. The predicted octanol–water partition coefficient (Wildman–Crippen LogP) is 3.91. The third-order valence-electron chi connectivity index (χ3n) is 5.43.